The lowest BCUT2D eigenvalue weighted by atomic mass is 10.3. The van der Waals surface area contributed by atoms with Crippen LogP contribution in [0.3, 0.4) is 0 Å². The fourth-order valence-electron chi connectivity index (χ4n) is 1.19. The normalized spacial score (nSPS) is 10.3. The Hall–Kier alpha value is -2.02. The maximum Gasteiger partial charge on any atom is 0.328 e. The van der Waals surface area contributed by atoms with Crippen molar-refractivity contribution in [3.63, 3.8) is 0 Å². The zero-order chi connectivity index (χ0) is 13.0. The van der Waals surface area contributed by atoms with Gasteiger partial charge in [-0.3, -0.25) is 10.1 Å². The van der Waals surface area contributed by atoms with Crippen molar-refractivity contribution in [2.45, 2.75) is 11.8 Å². The van der Waals surface area contributed by atoms with E-state index in [1.807, 2.05) is 0 Å². The Kier molecular flexibility index (Phi) is 3.83. The van der Waals surface area contributed by atoms with Gasteiger partial charge in [0.15, 0.2) is 5.82 Å². The molecule has 2 aromatic rings. The quantitative estimate of drug-likeness (QED) is 0.820. The zero-order valence-electron chi connectivity index (χ0n) is 9.58. The van der Waals surface area contributed by atoms with Crippen LogP contribution in [0.25, 0.3) is 0 Å². The molecule has 0 aliphatic carbocycles. The Morgan fingerprint density at radius 1 is 1.44 bits per heavy atom. The van der Waals surface area contributed by atoms with Crippen molar-refractivity contribution >= 4 is 23.7 Å². The van der Waals surface area contributed by atoms with E-state index >= 15 is 0 Å². The Labute approximate surface area is 107 Å². The molecule has 1 aromatic heterocycles. The lowest BCUT2D eigenvalue weighted by molar-refractivity contribution is -0.114. The summed E-state index contributed by atoms with van der Waals surface area (Å²) in [5.41, 5.74) is 0. The number of rotatable bonds is 4. The molecule has 7 heteroatoms. The predicted octanol–water partition coefficient (Wildman–Crippen LogP) is 1.81. The van der Waals surface area contributed by atoms with E-state index in [9.17, 15) is 4.79 Å². The van der Waals surface area contributed by atoms with Gasteiger partial charge in [0.2, 0.25) is 5.91 Å². The summed E-state index contributed by atoms with van der Waals surface area (Å²) in [6.45, 7) is 1.67. The molecule has 0 unspecified atom stereocenters. The van der Waals surface area contributed by atoms with E-state index in [0.29, 0.717) is 5.82 Å². The van der Waals surface area contributed by atoms with Crippen molar-refractivity contribution in [3.05, 3.63) is 30.1 Å². The summed E-state index contributed by atoms with van der Waals surface area (Å²) in [5, 5.41) is 15.2. The van der Waals surface area contributed by atoms with Gasteiger partial charge in [0, 0.05) is 4.90 Å². The van der Waals surface area contributed by atoms with Gasteiger partial charge in [-0.1, -0.05) is 5.16 Å². The Bertz CT molecular complexity index is 539. The van der Waals surface area contributed by atoms with Gasteiger partial charge < -0.3 is 9.63 Å². The van der Waals surface area contributed by atoms with Gasteiger partial charge >= 0.3 is 6.01 Å². The number of phenols is 1. The van der Waals surface area contributed by atoms with Crippen LogP contribution in [0.1, 0.15) is 5.82 Å². The minimum atomic E-state index is -0.225. The van der Waals surface area contributed by atoms with Gasteiger partial charge in [-0.15, -0.1) is 11.8 Å². The number of hydrogen-bond acceptors (Lipinski definition) is 6. The molecule has 0 fully saturated rings. The largest absolute Gasteiger partial charge is 0.508 e. The maximum atomic E-state index is 11.6. The third-order valence-electron chi connectivity index (χ3n) is 1.98. The van der Waals surface area contributed by atoms with Gasteiger partial charge in [-0.05, 0) is 31.2 Å². The highest BCUT2D eigenvalue weighted by Crippen LogP contribution is 2.20. The molecule has 18 heavy (non-hydrogen) atoms. The number of hydrogen-bond donors (Lipinski definition) is 2. The fraction of sp³-hybridized carbons (Fsp3) is 0.182. The van der Waals surface area contributed by atoms with Gasteiger partial charge in [0.05, 0.1) is 5.75 Å². The Morgan fingerprint density at radius 3 is 2.78 bits per heavy atom. The number of aromatic hydroxyl groups is 1. The number of thioether (sulfide) groups is 1. The van der Waals surface area contributed by atoms with Crippen molar-refractivity contribution < 1.29 is 14.4 Å². The average Bonchev–Trinajstić information content (AvgIpc) is 2.74. The average molecular weight is 265 g/mol. The summed E-state index contributed by atoms with van der Waals surface area (Å²) in [6, 6.07) is 6.72. The second-order valence-corrected chi connectivity index (χ2v) is 4.53. The zero-order valence-corrected chi connectivity index (χ0v) is 10.4. The van der Waals surface area contributed by atoms with E-state index in [1.165, 1.54) is 11.8 Å². The van der Waals surface area contributed by atoms with Crippen LogP contribution in [0.4, 0.5) is 6.01 Å². The molecule has 6 nitrogen and oxygen atoms in total. The molecule has 0 bridgehead atoms. The minimum Gasteiger partial charge on any atom is -0.508 e. The first kappa shape index (κ1) is 12.4. The first-order valence-corrected chi connectivity index (χ1v) is 6.14. The molecule has 2 rings (SSSR count). The molecule has 0 radical (unpaired) electrons. The smallest absolute Gasteiger partial charge is 0.328 e. The van der Waals surface area contributed by atoms with Crippen molar-refractivity contribution in [3.8, 4) is 5.75 Å². The molecular formula is C11H11N3O3S. The van der Waals surface area contributed by atoms with E-state index in [1.54, 1.807) is 31.2 Å². The van der Waals surface area contributed by atoms with Crippen molar-refractivity contribution in [2.75, 3.05) is 11.1 Å². The van der Waals surface area contributed by atoms with Crippen molar-refractivity contribution in [1.29, 1.82) is 0 Å². The van der Waals surface area contributed by atoms with Crippen LogP contribution in [0, 0.1) is 6.92 Å². The fourth-order valence-corrected chi connectivity index (χ4v) is 1.89. The molecule has 1 aromatic carbocycles. The number of phenolic OH excluding ortho intramolecular Hbond substituents is 1. The van der Waals surface area contributed by atoms with Gasteiger partial charge in [-0.25, -0.2) is 0 Å². The van der Waals surface area contributed by atoms with Crippen LogP contribution < -0.4 is 5.32 Å². The first-order chi connectivity index (χ1) is 8.63. The molecule has 1 heterocycles. The minimum absolute atomic E-state index is 0.101. The van der Waals surface area contributed by atoms with Crippen LogP contribution in [-0.2, 0) is 4.79 Å². The number of amides is 1. The van der Waals surface area contributed by atoms with Crippen LogP contribution in [0.5, 0.6) is 5.75 Å². The number of aromatic nitrogens is 2. The first-order valence-electron chi connectivity index (χ1n) is 5.15. The lowest BCUT2D eigenvalue weighted by Crippen LogP contribution is -2.14. The van der Waals surface area contributed by atoms with Crippen LogP contribution in [-0.4, -0.2) is 26.9 Å². The predicted molar refractivity (Wildman–Crippen MR) is 66.5 cm³/mol. The van der Waals surface area contributed by atoms with Crippen LogP contribution >= 0.6 is 11.8 Å². The van der Waals surface area contributed by atoms with Gasteiger partial charge in [0.25, 0.3) is 0 Å². The number of anilines is 1. The molecule has 0 saturated carbocycles. The molecule has 0 aliphatic rings. The third-order valence-corrected chi connectivity index (χ3v) is 2.99. The maximum absolute atomic E-state index is 11.6. The standard InChI is InChI=1S/C11H11N3O3S/c1-7-12-11(17-14-7)13-10(16)6-18-9-4-2-8(15)3-5-9/h2-5,15H,6H2,1H3,(H,12,13,14,16). The molecule has 94 valence electrons. The van der Waals surface area contributed by atoms with E-state index in [0.717, 1.165) is 4.90 Å². The highest BCUT2D eigenvalue weighted by molar-refractivity contribution is 8.00. The van der Waals surface area contributed by atoms with Crippen molar-refractivity contribution in [1.82, 2.24) is 10.1 Å². The van der Waals surface area contributed by atoms with Crippen LogP contribution in [0.15, 0.2) is 33.7 Å². The van der Waals surface area contributed by atoms with Crippen LogP contribution in [0.2, 0.25) is 0 Å². The number of aryl methyl sites for hydroxylation is 1. The monoisotopic (exact) mass is 265 g/mol. The summed E-state index contributed by atoms with van der Waals surface area (Å²) in [4.78, 5) is 16.3. The number of benzene rings is 1. The lowest BCUT2D eigenvalue weighted by Gasteiger charge is -2.01. The highest BCUT2D eigenvalue weighted by atomic mass is 32.2. The summed E-state index contributed by atoms with van der Waals surface area (Å²) >= 11 is 1.35. The number of carbonyl (C=O) groups excluding carboxylic acids is 1. The molecule has 0 spiro atoms. The number of carbonyl (C=O) groups is 1. The number of nitrogens with zero attached hydrogens (tertiary/aromatic N) is 2. The number of nitrogens with one attached hydrogen (secondary N) is 1. The van der Waals surface area contributed by atoms with E-state index in [-0.39, 0.29) is 23.4 Å². The molecule has 0 aliphatic heterocycles. The Morgan fingerprint density at radius 2 is 2.17 bits per heavy atom. The summed E-state index contributed by atoms with van der Waals surface area (Å²) in [5.74, 6) is 0.671. The van der Waals surface area contributed by atoms with Crippen molar-refractivity contribution in [2.24, 2.45) is 0 Å². The Balaban J connectivity index is 1.83. The molecule has 0 saturated heterocycles. The SMILES string of the molecule is Cc1noc(NC(=O)CSc2ccc(O)cc2)n1. The third kappa shape index (κ3) is 3.49. The summed E-state index contributed by atoms with van der Waals surface area (Å²) in [6.07, 6.45) is 0. The van der Waals surface area contributed by atoms with E-state index in [4.69, 9.17) is 9.63 Å². The highest BCUT2D eigenvalue weighted by Gasteiger charge is 2.08. The topological polar surface area (TPSA) is 88.2 Å². The summed E-state index contributed by atoms with van der Waals surface area (Å²) < 4.78 is 4.77. The van der Waals surface area contributed by atoms with E-state index in [2.05, 4.69) is 15.5 Å². The second kappa shape index (κ2) is 5.54. The summed E-state index contributed by atoms with van der Waals surface area (Å²) in [7, 11) is 0. The van der Waals surface area contributed by atoms with Gasteiger partial charge in [-0.2, -0.15) is 4.98 Å². The van der Waals surface area contributed by atoms with Gasteiger partial charge in [0.1, 0.15) is 5.75 Å². The molecule has 2 N–H and O–H groups in total. The molecule has 0 atom stereocenters. The van der Waals surface area contributed by atoms with E-state index < -0.39 is 0 Å². The molecular weight excluding hydrogens is 254 g/mol. The second-order valence-electron chi connectivity index (χ2n) is 3.48. The molecule has 1 amide bonds.